The molecular weight excluding hydrogens is 114 g/mol. The molecule has 0 fully saturated rings. The van der Waals surface area contributed by atoms with Gasteiger partial charge in [0.15, 0.2) is 0 Å². The van der Waals surface area contributed by atoms with Gasteiger partial charge in [-0.3, -0.25) is 0 Å². The fourth-order valence-electron chi connectivity index (χ4n) is 0.654. The zero-order valence-corrected chi connectivity index (χ0v) is 6.05. The molecule has 0 aliphatic carbocycles. The molecule has 0 saturated carbocycles. The SMILES string of the molecule is CCCC[C@H](C)N=C=O. The first-order valence-electron chi connectivity index (χ1n) is 3.38. The largest absolute Gasteiger partial charge is 0.235 e. The van der Waals surface area contributed by atoms with Crippen molar-refractivity contribution in [3.05, 3.63) is 0 Å². The van der Waals surface area contributed by atoms with E-state index in [0.29, 0.717) is 0 Å². The maximum Gasteiger partial charge on any atom is 0.235 e. The van der Waals surface area contributed by atoms with Gasteiger partial charge in [-0.05, 0) is 13.3 Å². The van der Waals surface area contributed by atoms with Gasteiger partial charge >= 0.3 is 0 Å². The van der Waals surface area contributed by atoms with E-state index in [2.05, 4.69) is 11.9 Å². The van der Waals surface area contributed by atoms with Gasteiger partial charge in [0, 0.05) is 0 Å². The number of hydrogen-bond acceptors (Lipinski definition) is 2. The van der Waals surface area contributed by atoms with Gasteiger partial charge in [0.05, 0.1) is 6.04 Å². The van der Waals surface area contributed by atoms with Crippen LogP contribution in [0.1, 0.15) is 33.1 Å². The second kappa shape index (κ2) is 5.52. The lowest BCUT2D eigenvalue weighted by Crippen LogP contribution is -1.95. The van der Waals surface area contributed by atoms with E-state index in [4.69, 9.17) is 0 Å². The van der Waals surface area contributed by atoms with Crippen molar-refractivity contribution < 1.29 is 4.79 Å². The Morgan fingerprint density at radius 1 is 1.67 bits per heavy atom. The van der Waals surface area contributed by atoms with Crippen molar-refractivity contribution in [3.63, 3.8) is 0 Å². The Balaban J connectivity index is 3.26. The van der Waals surface area contributed by atoms with Crippen molar-refractivity contribution in [2.24, 2.45) is 4.99 Å². The number of carbonyl (C=O) groups excluding carboxylic acids is 1. The zero-order valence-electron chi connectivity index (χ0n) is 6.05. The molecule has 52 valence electrons. The van der Waals surface area contributed by atoms with Crippen LogP contribution in [0.25, 0.3) is 0 Å². The molecule has 0 amide bonds. The molecule has 0 radical (unpaired) electrons. The van der Waals surface area contributed by atoms with Crippen molar-refractivity contribution in [3.8, 4) is 0 Å². The maximum absolute atomic E-state index is 9.69. The van der Waals surface area contributed by atoms with Crippen LogP contribution in [-0.2, 0) is 4.79 Å². The highest BCUT2D eigenvalue weighted by Crippen LogP contribution is 2.01. The highest BCUT2D eigenvalue weighted by atomic mass is 16.1. The summed E-state index contributed by atoms with van der Waals surface area (Å²) in [6.45, 7) is 4.05. The van der Waals surface area contributed by atoms with E-state index in [1.54, 1.807) is 6.08 Å². The third kappa shape index (κ3) is 5.25. The smallest absolute Gasteiger partial charge is 0.211 e. The lowest BCUT2D eigenvalue weighted by Gasteiger charge is -1.99. The van der Waals surface area contributed by atoms with Crippen molar-refractivity contribution in [1.29, 1.82) is 0 Å². The van der Waals surface area contributed by atoms with E-state index in [0.717, 1.165) is 12.8 Å². The monoisotopic (exact) mass is 127 g/mol. The average Bonchev–Trinajstić information content (AvgIpc) is 1.85. The molecule has 0 spiro atoms. The van der Waals surface area contributed by atoms with Gasteiger partial charge < -0.3 is 0 Å². The third-order valence-corrected chi connectivity index (χ3v) is 1.25. The van der Waals surface area contributed by atoms with E-state index < -0.39 is 0 Å². The number of unbranched alkanes of at least 4 members (excludes halogenated alkanes) is 1. The molecule has 0 N–H and O–H groups in total. The number of nitrogens with zero attached hydrogens (tertiary/aromatic N) is 1. The van der Waals surface area contributed by atoms with Crippen LogP contribution in [0.5, 0.6) is 0 Å². The standard InChI is InChI=1S/C7H13NO/c1-3-4-5-7(2)8-6-9/h7H,3-5H2,1-2H3/t7-/m0/s1. The summed E-state index contributed by atoms with van der Waals surface area (Å²) in [4.78, 5) is 13.2. The van der Waals surface area contributed by atoms with Crippen LogP contribution in [0.3, 0.4) is 0 Å². The Bertz CT molecular complexity index is 105. The Labute approximate surface area is 56.0 Å². The molecule has 1 atom stereocenters. The minimum atomic E-state index is 0.169. The first kappa shape index (κ1) is 8.38. The molecule has 0 rings (SSSR count). The van der Waals surface area contributed by atoms with Crippen LogP contribution >= 0.6 is 0 Å². The molecule has 9 heavy (non-hydrogen) atoms. The molecule has 2 nitrogen and oxygen atoms in total. The van der Waals surface area contributed by atoms with Gasteiger partial charge in [0.1, 0.15) is 0 Å². The molecule has 0 aliphatic heterocycles. The van der Waals surface area contributed by atoms with E-state index in [1.165, 1.54) is 6.42 Å². The second-order valence-electron chi connectivity index (χ2n) is 2.21. The van der Waals surface area contributed by atoms with E-state index >= 15 is 0 Å². The number of isocyanates is 1. The number of aliphatic imine (C=N–C) groups is 1. The summed E-state index contributed by atoms with van der Waals surface area (Å²) in [6, 6.07) is 0.169. The molecule has 0 aliphatic rings. The van der Waals surface area contributed by atoms with Gasteiger partial charge in [-0.1, -0.05) is 19.8 Å². The average molecular weight is 127 g/mol. The summed E-state index contributed by atoms with van der Waals surface area (Å²) in [7, 11) is 0. The quantitative estimate of drug-likeness (QED) is 0.419. The Morgan fingerprint density at radius 3 is 2.78 bits per heavy atom. The summed E-state index contributed by atoms with van der Waals surface area (Å²) in [5.74, 6) is 0. The maximum atomic E-state index is 9.69. The molecule has 0 bridgehead atoms. The topological polar surface area (TPSA) is 29.4 Å². The van der Waals surface area contributed by atoms with Gasteiger partial charge in [-0.2, -0.15) is 0 Å². The molecule has 0 aromatic carbocycles. The predicted molar refractivity (Wildman–Crippen MR) is 37.1 cm³/mol. The molecule has 0 saturated heterocycles. The van der Waals surface area contributed by atoms with E-state index in [9.17, 15) is 4.79 Å². The van der Waals surface area contributed by atoms with Crippen molar-refractivity contribution in [1.82, 2.24) is 0 Å². The van der Waals surface area contributed by atoms with Crippen molar-refractivity contribution in [2.45, 2.75) is 39.2 Å². The molecule has 0 aromatic rings. The Kier molecular flexibility index (Phi) is 5.14. The fourth-order valence-corrected chi connectivity index (χ4v) is 0.654. The molecule has 0 aromatic heterocycles. The fraction of sp³-hybridized carbons (Fsp3) is 0.857. The minimum Gasteiger partial charge on any atom is -0.211 e. The van der Waals surface area contributed by atoms with E-state index in [-0.39, 0.29) is 6.04 Å². The summed E-state index contributed by atoms with van der Waals surface area (Å²) >= 11 is 0. The third-order valence-electron chi connectivity index (χ3n) is 1.25. The van der Waals surface area contributed by atoms with Crippen LogP contribution in [0.2, 0.25) is 0 Å². The van der Waals surface area contributed by atoms with Crippen LogP contribution in [0.15, 0.2) is 4.99 Å². The molecule has 0 heterocycles. The Morgan fingerprint density at radius 2 is 2.33 bits per heavy atom. The first-order chi connectivity index (χ1) is 4.31. The first-order valence-corrected chi connectivity index (χ1v) is 3.38. The van der Waals surface area contributed by atoms with Crippen LogP contribution in [0, 0.1) is 0 Å². The lowest BCUT2D eigenvalue weighted by atomic mass is 10.2. The van der Waals surface area contributed by atoms with Crippen molar-refractivity contribution >= 4 is 6.08 Å². The van der Waals surface area contributed by atoms with E-state index in [1.807, 2.05) is 6.92 Å². The summed E-state index contributed by atoms with van der Waals surface area (Å²) in [6.07, 6.45) is 4.87. The van der Waals surface area contributed by atoms with Crippen LogP contribution < -0.4 is 0 Å². The van der Waals surface area contributed by atoms with Gasteiger partial charge in [-0.15, -0.1) is 0 Å². The highest BCUT2D eigenvalue weighted by molar-refractivity contribution is 5.33. The normalized spacial score (nSPS) is 12.2. The highest BCUT2D eigenvalue weighted by Gasteiger charge is 1.94. The summed E-state index contributed by atoms with van der Waals surface area (Å²) in [5, 5.41) is 0. The number of hydrogen-bond donors (Lipinski definition) is 0. The Hall–Kier alpha value is -0.620. The minimum absolute atomic E-state index is 0.169. The lowest BCUT2D eigenvalue weighted by molar-refractivity contribution is 0.551. The molecule has 0 unspecified atom stereocenters. The van der Waals surface area contributed by atoms with Gasteiger partial charge in [0.25, 0.3) is 0 Å². The van der Waals surface area contributed by atoms with Gasteiger partial charge in [-0.25, -0.2) is 9.79 Å². The molecule has 2 heteroatoms. The predicted octanol–water partition coefficient (Wildman–Crippen LogP) is 1.90. The van der Waals surface area contributed by atoms with Crippen LogP contribution in [0.4, 0.5) is 0 Å². The summed E-state index contributed by atoms with van der Waals surface area (Å²) in [5.41, 5.74) is 0. The molecular formula is C7H13NO. The summed E-state index contributed by atoms with van der Waals surface area (Å²) < 4.78 is 0. The van der Waals surface area contributed by atoms with Gasteiger partial charge in [0.2, 0.25) is 6.08 Å². The number of rotatable bonds is 4. The second-order valence-corrected chi connectivity index (χ2v) is 2.21. The zero-order chi connectivity index (χ0) is 7.11. The van der Waals surface area contributed by atoms with Crippen molar-refractivity contribution in [2.75, 3.05) is 0 Å². The van der Waals surface area contributed by atoms with Crippen LogP contribution in [-0.4, -0.2) is 12.1 Å².